The van der Waals surface area contributed by atoms with E-state index < -0.39 is 0 Å². The van der Waals surface area contributed by atoms with Gasteiger partial charge in [0.1, 0.15) is 11.6 Å². The van der Waals surface area contributed by atoms with Crippen LogP contribution in [0.4, 0.5) is 0 Å². The van der Waals surface area contributed by atoms with Gasteiger partial charge >= 0.3 is 0 Å². The molecule has 0 fully saturated rings. The van der Waals surface area contributed by atoms with Crippen molar-refractivity contribution >= 4 is 0 Å². The Kier molecular flexibility index (Phi) is 1.76. The molecule has 5 nitrogen and oxygen atoms in total. The first kappa shape index (κ1) is 5.93. The Morgan fingerprint density at radius 2 is 1.69 bits per heavy atom. The number of nitrogens with zero attached hydrogens (tertiary/aromatic N) is 2. The van der Waals surface area contributed by atoms with E-state index in [-0.39, 0.29) is 0 Å². The van der Waals surface area contributed by atoms with Crippen LogP contribution >= 0.6 is 0 Å². The Morgan fingerprint density at radius 1 is 1.15 bits per heavy atom. The fourth-order valence-electron chi connectivity index (χ4n) is 1.01. The molecule has 0 aliphatic carbocycles. The summed E-state index contributed by atoms with van der Waals surface area (Å²) in [6, 6.07) is 0. The Bertz CT molecular complexity index is 395. The number of nitrogens with one attached hydrogen (secondary N) is 3. The second-order valence-corrected chi connectivity index (χ2v) is 2.55. The molecule has 0 aliphatic rings. The van der Waals surface area contributed by atoms with Gasteiger partial charge in [0, 0.05) is 24.8 Å². The molecule has 0 saturated carbocycles. The molecule has 0 bridgehead atoms. The van der Waals surface area contributed by atoms with Gasteiger partial charge in [0.25, 0.3) is 0 Å². The summed E-state index contributed by atoms with van der Waals surface area (Å²) in [5, 5.41) is 3.07. The Labute approximate surface area is 78.6 Å². The van der Waals surface area contributed by atoms with Gasteiger partial charge in [-0.05, 0) is 0 Å². The van der Waals surface area contributed by atoms with Crippen molar-refractivity contribution in [3.63, 3.8) is 0 Å². The SMILES string of the molecule is [2H]n1ccnc1CNCc1nccn1[2H]. The minimum Gasteiger partial charge on any atom is -0.348 e. The van der Waals surface area contributed by atoms with E-state index in [1.807, 2.05) is 0 Å². The predicted octanol–water partition coefficient (Wildman–Crippen LogP) is 0.423. The summed E-state index contributed by atoms with van der Waals surface area (Å²) in [6.07, 6.45) is 6.30. The maximum atomic E-state index is 7.40. The summed E-state index contributed by atoms with van der Waals surface area (Å²) in [5.41, 5.74) is 0. The summed E-state index contributed by atoms with van der Waals surface area (Å²) in [4.78, 5) is 10.4. The van der Waals surface area contributed by atoms with Crippen molar-refractivity contribution in [3.8, 4) is 0 Å². The smallest absolute Gasteiger partial charge is 0.167 e. The van der Waals surface area contributed by atoms with E-state index in [1.165, 1.54) is 9.95 Å². The maximum absolute atomic E-state index is 7.40. The number of aromatic amines is 2. The van der Waals surface area contributed by atoms with E-state index in [9.17, 15) is 0 Å². The number of hydrogen-bond donors (Lipinski definition) is 3. The molecular weight excluding hydrogens is 166 g/mol. The lowest BCUT2D eigenvalue weighted by Crippen LogP contribution is -2.14. The lowest BCUT2D eigenvalue weighted by Gasteiger charge is -1.98. The largest absolute Gasteiger partial charge is 0.348 e. The highest BCUT2D eigenvalue weighted by Gasteiger charge is 1.95. The zero-order chi connectivity index (χ0) is 10.7. The van der Waals surface area contributed by atoms with Gasteiger partial charge in [-0.15, -0.1) is 0 Å². The molecule has 13 heavy (non-hydrogen) atoms. The minimum atomic E-state index is 0.489. The molecule has 0 spiro atoms. The molecule has 2 heterocycles. The van der Waals surface area contributed by atoms with Gasteiger partial charge < -0.3 is 15.3 Å². The van der Waals surface area contributed by atoms with Crippen LogP contribution < -0.4 is 5.32 Å². The highest BCUT2D eigenvalue weighted by atomic mass is 15.0. The molecule has 2 aromatic heterocycles. The van der Waals surface area contributed by atoms with Gasteiger partial charge in [-0.2, -0.15) is 0 Å². The Balaban J connectivity index is 1.86. The monoisotopic (exact) mass is 179 g/mol. The standard InChI is InChI=1S/C8H11N5/c1-2-11-7(10-1)5-9-6-8-12-3-4-13-8/h1-4,9H,5-6H2,(H,10,11)(H,12,13)/i/hD2. The number of H-pyrrole nitrogens is 2. The third-order valence-corrected chi connectivity index (χ3v) is 1.59. The zero-order valence-electron chi connectivity index (χ0n) is 9.01. The lowest BCUT2D eigenvalue weighted by atomic mass is 10.5. The average Bonchev–Trinajstić information content (AvgIpc) is 2.78. The van der Waals surface area contributed by atoms with Gasteiger partial charge in [0.05, 0.1) is 13.1 Å². The number of hydrogen-bond acceptors (Lipinski definition) is 3. The van der Waals surface area contributed by atoms with E-state index >= 15 is 0 Å². The van der Waals surface area contributed by atoms with Crippen molar-refractivity contribution in [2.45, 2.75) is 13.1 Å². The summed E-state index contributed by atoms with van der Waals surface area (Å²) in [5.74, 6) is 1.27. The first-order chi connectivity index (χ1) is 7.27. The van der Waals surface area contributed by atoms with Crippen LogP contribution in [0.15, 0.2) is 24.8 Å². The molecule has 68 valence electrons. The molecule has 0 unspecified atom stereocenters. The first-order valence-corrected chi connectivity index (χ1v) is 4.01. The highest BCUT2D eigenvalue weighted by molar-refractivity contribution is 4.89. The predicted molar refractivity (Wildman–Crippen MR) is 47.7 cm³/mol. The molecule has 0 atom stereocenters. The normalized spacial score (nSPS) is 12.6. The van der Waals surface area contributed by atoms with Crippen molar-refractivity contribution in [1.29, 1.82) is 0 Å². The Hall–Kier alpha value is -1.62. The molecule has 0 radical (unpaired) electrons. The van der Waals surface area contributed by atoms with Gasteiger partial charge in [0.2, 0.25) is 0 Å². The number of imidazole rings is 2. The van der Waals surface area contributed by atoms with Gasteiger partial charge in [-0.3, -0.25) is 0 Å². The molecular formula is C8H11N5. The summed E-state index contributed by atoms with van der Waals surface area (Å²) >= 11 is 0. The molecule has 0 aromatic carbocycles. The van der Waals surface area contributed by atoms with E-state index in [1.54, 1.807) is 24.8 Å². The van der Waals surface area contributed by atoms with E-state index in [0.717, 1.165) is 0 Å². The van der Waals surface area contributed by atoms with Crippen molar-refractivity contribution in [3.05, 3.63) is 36.4 Å². The van der Waals surface area contributed by atoms with Crippen molar-refractivity contribution < 1.29 is 2.82 Å². The van der Waals surface area contributed by atoms with Crippen LogP contribution in [-0.2, 0) is 13.1 Å². The lowest BCUT2D eigenvalue weighted by molar-refractivity contribution is 0.648. The molecule has 5 heteroatoms. The van der Waals surface area contributed by atoms with E-state index in [2.05, 4.69) is 15.3 Å². The summed E-state index contributed by atoms with van der Waals surface area (Å²) in [6.45, 7) is 0.979. The van der Waals surface area contributed by atoms with Gasteiger partial charge in [0.15, 0.2) is 2.82 Å². The molecule has 2 rings (SSSR count). The van der Waals surface area contributed by atoms with Crippen LogP contribution in [0.3, 0.4) is 0 Å². The van der Waals surface area contributed by atoms with Crippen molar-refractivity contribution in [2.24, 2.45) is 0 Å². The first-order valence-electron chi connectivity index (χ1n) is 4.90. The molecule has 2 aromatic rings. The zero-order valence-corrected chi connectivity index (χ0v) is 7.01. The fourth-order valence-corrected chi connectivity index (χ4v) is 1.01. The van der Waals surface area contributed by atoms with Crippen LogP contribution in [0.1, 0.15) is 11.6 Å². The van der Waals surface area contributed by atoms with Crippen molar-refractivity contribution in [2.75, 3.05) is 0 Å². The van der Waals surface area contributed by atoms with Crippen LogP contribution in [0.2, 0.25) is 2.82 Å². The maximum Gasteiger partial charge on any atom is 0.167 e. The van der Waals surface area contributed by atoms with Crippen LogP contribution in [-0.4, -0.2) is 19.9 Å². The van der Waals surface area contributed by atoms with Crippen LogP contribution in [0.25, 0.3) is 0 Å². The fraction of sp³-hybridized carbons (Fsp3) is 0.250. The van der Waals surface area contributed by atoms with Crippen LogP contribution in [0, 0.1) is 0 Å². The van der Waals surface area contributed by atoms with Gasteiger partial charge in [-0.1, -0.05) is 0 Å². The quantitative estimate of drug-likeness (QED) is 0.637. The minimum absolute atomic E-state index is 0.489. The van der Waals surface area contributed by atoms with Crippen LogP contribution in [0.5, 0.6) is 0 Å². The molecule has 0 aliphatic heterocycles. The molecule has 0 saturated heterocycles. The average molecular weight is 179 g/mol. The Morgan fingerprint density at radius 3 is 2.08 bits per heavy atom. The third kappa shape index (κ3) is 2.16. The van der Waals surface area contributed by atoms with E-state index in [4.69, 9.17) is 2.82 Å². The second-order valence-electron chi connectivity index (χ2n) is 2.55. The number of rotatable bonds is 4. The summed E-state index contributed by atoms with van der Waals surface area (Å²) in [7, 11) is 0. The third-order valence-electron chi connectivity index (χ3n) is 1.59. The van der Waals surface area contributed by atoms with Crippen molar-refractivity contribution in [1.82, 2.24) is 25.2 Å². The summed E-state index contributed by atoms with van der Waals surface area (Å²) < 4.78 is 14.8. The second kappa shape index (κ2) is 3.86. The molecule has 3 N–H and O–H groups in total. The molecule has 0 amide bonds. The van der Waals surface area contributed by atoms with Gasteiger partial charge in [-0.25, -0.2) is 9.97 Å². The topological polar surface area (TPSA) is 69.4 Å². The van der Waals surface area contributed by atoms with E-state index in [0.29, 0.717) is 24.7 Å². The number of aromatic nitrogens is 4. The highest BCUT2D eigenvalue weighted by Crippen LogP contribution is 1.90.